The molecule has 2 amide bonds. The topological polar surface area (TPSA) is 86.3 Å². The summed E-state index contributed by atoms with van der Waals surface area (Å²) in [7, 11) is -0.545. The second-order valence-electron chi connectivity index (χ2n) is 12.1. The lowest BCUT2D eigenvalue weighted by molar-refractivity contribution is 0.00360. The molecule has 39 heavy (non-hydrogen) atoms. The van der Waals surface area contributed by atoms with E-state index in [1.165, 1.54) is 0 Å². The number of ether oxygens (including phenoxy) is 3. The van der Waals surface area contributed by atoms with Gasteiger partial charge < -0.3 is 18.6 Å². The van der Waals surface area contributed by atoms with E-state index in [0.29, 0.717) is 18.8 Å². The van der Waals surface area contributed by atoms with E-state index in [1.807, 2.05) is 69.3 Å². The van der Waals surface area contributed by atoms with Crippen LogP contribution >= 0.6 is 0 Å². The van der Waals surface area contributed by atoms with Gasteiger partial charge in [-0.05, 0) is 62.2 Å². The van der Waals surface area contributed by atoms with Crippen molar-refractivity contribution in [2.24, 2.45) is 0 Å². The van der Waals surface area contributed by atoms with Crippen molar-refractivity contribution in [2.45, 2.75) is 77.9 Å². The van der Waals surface area contributed by atoms with Crippen molar-refractivity contribution in [1.29, 1.82) is 0 Å². The van der Waals surface area contributed by atoms with Crippen LogP contribution in [0.3, 0.4) is 0 Å². The SMILES string of the molecule is COCCN(C(=O)OC(C)(C)C)C(CO[Si](C)(C)C(C)(C)C)c1cccc(NC(=O)OCc2ccccc2)c1. The summed E-state index contributed by atoms with van der Waals surface area (Å²) < 4.78 is 23.1. The molecule has 216 valence electrons. The Bertz CT molecular complexity index is 1060. The van der Waals surface area contributed by atoms with E-state index < -0.39 is 32.1 Å². The van der Waals surface area contributed by atoms with Crippen LogP contribution in [0.15, 0.2) is 54.6 Å². The molecule has 0 spiro atoms. The fourth-order valence-corrected chi connectivity index (χ4v) is 4.46. The second kappa shape index (κ2) is 14.0. The first-order chi connectivity index (χ1) is 18.1. The van der Waals surface area contributed by atoms with Gasteiger partial charge in [0.15, 0.2) is 8.32 Å². The van der Waals surface area contributed by atoms with Gasteiger partial charge in [0, 0.05) is 19.3 Å². The van der Waals surface area contributed by atoms with Crippen molar-refractivity contribution in [3.05, 3.63) is 65.7 Å². The van der Waals surface area contributed by atoms with Gasteiger partial charge in [-0.15, -0.1) is 0 Å². The van der Waals surface area contributed by atoms with Crippen LogP contribution < -0.4 is 5.32 Å². The van der Waals surface area contributed by atoms with Crippen molar-refractivity contribution < 1.29 is 28.2 Å². The normalized spacial score (nSPS) is 12.9. The molecule has 9 heteroatoms. The number of carbonyl (C=O) groups is 2. The van der Waals surface area contributed by atoms with Crippen molar-refractivity contribution >= 4 is 26.2 Å². The third kappa shape index (κ3) is 10.7. The molecule has 1 atom stereocenters. The molecule has 0 saturated carbocycles. The van der Waals surface area contributed by atoms with Crippen LogP contribution in [-0.2, 0) is 25.2 Å². The van der Waals surface area contributed by atoms with Crippen LogP contribution in [0.1, 0.15) is 58.7 Å². The van der Waals surface area contributed by atoms with Crippen molar-refractivity contribution in [3.63, 3.8) is 0 Å². The van der Waals surface area contributed by atoms with Gasteiger partial charge in [0.1, 0.15) is 12.2 Å². The first-order valence-electron chi connectivity index (χ1n) is 13.3. The summed E-state index contributed by atoms with van der Waals surface area (Å²) in [6, 6.07) is 16.4. The molecule has 1 N–H and O–H groups in total. The Hall–Kier alpha value is -2.88. The summed E-state index contributed by atoms with van der Waals surface area (Å²) in [4.78, 5) is 27.6. The average molecular weight is 559 g/mol. The minimum absolute atomic E-state index is 0.00720. The Labute approximate surface area is 235 Å². The second-order valence-corrected chi connectivity index (χ2v) is 16.9. The van der Waals surface area contributed by atoms with Gasteiger partial charge in [-0.25, -0.2) is 9.59 Å². The molecule has 2 aromatic carbocycles. The molecule has 0 saturated heterocycles. The van der Waals surface area contributed by atoms with Gasteiger partial charge in [0.05, 0.1) is 19.3 Å². The number of hydrogen-bond donors (Lipinski definition) is 1. The van der Waals surface area contributed by atoms with Crippen molar-refractivity contribution in [1.82, 2.24) is 4.90 Å². The van der Waals surface area contributed by atoms with Crippen molar-refractivity contribution in [2.75, 3.05) is 32.2 Å². The predicted molar refractivity (Wildman–Crippen MR) is 157 cm³/mol. The van der Waals surface area contributed by atoms with Gasteiger partial charge in [-0.1, -0.05) is 63.2 Å². The Morgan fingerprint density at radius 2 is 1.64 bits per heavy atom. The summed E-state index contributed by atoms with van der Waals surface area (Å²) in [5, 5.41) is 2.79. The molecule has 0 bridgehead atoms. The Morgan fingerprint density at radius 3 is 2.23 bits per heavy atom. The Kier molecular flexibility index (Phi) is 11.6. The average Bonchev–Trinajstić information content (AvgIpc) is 2.83. The van der Waals surface area contributed by atoms with E-state index in [9.17, 15) is 9.59 Å². The van der Waals surface area contributed by atoms with Crippen LogP contribution in [0.25, 0.3) is 0 Å². The van der Waals surface area contributed by atoms with Crippen LogP contribution in [0.2, 0.25) is 18.1 Å². The summed E-state index contributed by atoms with van der Waals surface area (Å²) >= 11 is 0. The zero-order chi connectivity index (χ0) is 29.3. The fraction of sp³-hybridized carbons (Fsp3) is 0.533. The third-order valence-corrected chi connectivity index (χ3v) is 11.2. The highest BCUT2D eigenvalue weighted by molar-refractivity contribution is 6.74. The number of anilines is 1. The standard InChI is InChI=1S/C30H46N2O6Si/c1-29(2,3)38-28(34)32(18-19-35-7)26(22-37-39(8,9)30(4,5)6)24-16-13-17-25(20-24)31-27(33)36-21-23-14-11-10-12-15-23/h10-17,20,26H,18-19,21-22H2,1-9H3,(H,31,33). The number of rotatable bonds is 11. The number of methoxy groups -OCH3 is 1. The maximum Gasteiger partial charge on any atom is 0.411 e. The highest BCUT2D eigenvalue weighted by Crippen LogP contribution is 2.38. The summed E-state index contributed by atoms with van der Waals surface area (Å²) in [5.74, 6) is 0. The zero-order valence-corrected chi connectivity index (χ0v) is 26.0. The zero-order valence-electron chi connectivity index (χ0n) is 25.0. The number of hydrogen-bond acceptors (Lipinski definition) is 6. The molecule has 0 aliphatic rings. The van der Waals surface area contributed by atoms with Crippen LogP contribution in [-0.4, -0.2) is 57.9 Å². The first kappa shape index (κ1) is 32.3. The Balaban J connectivity index is 2.34. The maximum atomic E-state index is 13.4. The lowest BCUT2D eigenvalue weighted by Gasteiger charge is -2.40. The summed E-state index contributed by atoms with van der Waals surface area (Å²) in [6.07, 6.45) is -1.02. The largest absolute Gasteiger partial charge is 0.444 e. The molecular formula is C30H46N2O6Si. The quantitative estimate of drug-likeness (QED) is 0.290. The summed E-state index contributed by atoms with van der Waals surface area (Å²) in [5.41, 5.74) is 1.59. The van der Waals surface area contributed by atoms with Gasteiger partial charge in [0.2, 0.25) is 0 Å². The van der Waals surface area contributed by atoms with Crippen molar-refractivity contribution in [3.8, 4) is 0 Å². The highest BCUT2D eigenvalue weighted by atomic mass is 28.4. The monoisotopic (exact) mass is 558 g/mol. The molecule has 2 rings (SSSR count). The third-order valence-electron chi connectivity index (χ3n) is 6.68. The molecule has 8 nitrogen and oxygen atoms in total. The van der Waals surface area contributed by atoms with E-state index in [1.54, 1.807) is 18.1 Å². The molecule has 0 radical (unpaired) electrons. The van der Waals surface area contributed by atoms with Crippen LogP contribution in [0, 0.1) is 0 Å². The number of amides is 2. The molecule has 0 aliphatic heterocycles. The summed E-state index contributed by atoms with van der Waals surface area (Å²) in [6.45, 7) is 17.5. The molecule has 2 aromatic rings. The molecule has 1 unspecified atom stereocenters. The van der Waals surface area contributed by atoms with E-state index in [-0.39, 0.29) is 18.3 Å². The van der Waals surface area contributed by atoms with Gasteiger partial charge in [-0.2, -0.15) is 0 Å². The first-order valence-corrected chi connectivity index (χ1v) is 16.2. The minimum Gasteiger partial charge on any atom is -0.444 e. The molecular weight excluding hydrogens is 512 g/mol. The van der Waals surface area contributed by atoms with Crippen LogP contribution in [0.5, 0.6) is 0 Å². The fourth-order valence-electron chi connectivity index (χ4n) is 3.46. The Morgan fingerprint density at radius 1 is 0.974 bits per heavy atom. The van der Waals surface area contributed by atoms with E-state index in [4.69, 9.17) is 18.6 Å². The molecule has 0 fully saturated rings. The van der Waals surface area contributed by atoms with Gasteiger partial charge >= 0.3 is 12.2 Å². The van der Waals surface area contributed by atoms with Gasteiger partial charge in [0.25, 0.3) is 0 Å². The highest BCUT2D eigenvalue weighted by Gasteiger charge is 2.39. The number of benzene rings is 2. The van der Waals surface area contributed by atoms with E-state index in [2.05, 4.69) is 39.2 Å². The van der Waals surface area contributed by atoms with Gasteiger partial charge in [-0.3, -0.25) is 10.2 Å². The maximum absolute atomic E-state index is 13.4. The lowest BCUT2D eigenvalue weighted by Crippen LogP contribution is -2.46. The molecule has 0 heterocycles. The molecule has 0 aromatic heterocycles. The van der Waals surface area contributed by atoms with E-state index in [0.717, 1.165) is 11.1 Å². The number of nitrogens with zero attached hydrogens (tertiary/aromatic N) is 1. The number of nitrogens with one attached hydrogen (secondary N) is 1. The molecule has 0 aliphatic carbocycles. The predicted octanol–water partition coefficient (Wildman–Crippen LogP) is 7.38. The minimum atomic E-state index is -2.14. The number of carbonyl (C=O) groups excluding carboxylic acids is 2. The van der Waals surface area contributed by atoms with E-state index >= 15 is 0 Å². The van der Waals surface area contributed by atoms with Crippen LogP contribution in [0.4, 0.5) is 15.3 Å². The smallest absolute Gasteiger partial charge is 0.411 e. The lowest BCUT2D eigenvalue weighted by atomic mass is 10.1.